The third kappa shape index (κ3) is 2.42. The topological polar surface area (TPSA) is 0 Å². The summed E-state index contributed by atoms with van der Waals surface area (Å²) in [6, 6.07) is 3.75. The average Bonchev–Trinajstić information content (AvgIpc) is 2.01. The van der Waals surface area contributed by atoms with Crippen LogP contribution in [0.1, 0.15) is 24.5 Å². The van der Waals surface area contributed by atoms with Gasteiger partial charge in [0.25, 0.3) is 6.43 Å². The van der Waals surface area contributed by atoms with Crippen LogP contribution in [0.2, 0.25) is 0 Å². The number of rotatable bonds is 2. The van der Waals surface area contributed by atoms with E-state index in [2.05, 4.69) is 15.9 Å². The summed E-state index contributed by atoms with van der Waals surface area (Å²) in [5, 5.41) is 0. The van der Waals surface area contributed by atoms with Gasteiger partial charge in [-0.3, -0.25) is 0 Å². The first kappa shape index (κ1) is 11.9. The maximum atomic E-state index is 13.4. The van der Waals surface area contributed by atoms with Crippen molar-refractivity contribution in [2.45, 2.75) is 17.1 Å². The molecule has 0 nitrogen and oxygen atoms in total. The van der Waals surface area contributed by atoms with Crippen LogP contribution < -0.4 is 0 Å². The molecule has 0 fully saturated rings. The van der Waals surface area contributed by atoms with Gasteiger partial charge in [0.2, 0.25) is 0 Å². The predicted molar refractivity (Wildman–Crippen MR) is 53.5 cm³/mol. The molecule has 0 aliphatic carbocycles. The van der Waals surface area contributed by atoms with Crippen LogP contribution in [0.5, 0.6) is 0 Å². The van der Waals surface area contributed by atoms with E-state index in [4.69, 9.17) is 11.6 Å². The lowest BCUT2D eigenvalue weighted by Gasteiger charge is -2.16. The van der Waals surface area contributed by atoms with Crippen molar-refractivity contribution in [1.29, 1.82) is 0 Å². The Balaban J connectivity index is 3.28. The Labute approximate surface area is 93.2 Å². The van der Waals surface area contributed by atoms with Crippen molar-refractivity contribution in [3.05, 3.63) is 35.1 Å². The molecule has 0 aromatic heterocycles. The zero-order chi connectivity index (χ0) is 10.9. The minimum Gasteiger partial charge on any atom is -0.206 e. The molecule has 1 rings (SSSR count). The Morgan fingerprint density at radius 1 is 1.43 bits per heavy atom. The van der Waals surface area contributed by atoms with E-state index in [1.165, 1.54) is 19.1 Å². The summed E-state index contributed by atoms with van der Waals surface area (Å²) < 4.78 is 36.9. The summed E-state index contributed by atoms with van der Waals surface area (Å²) >= 11 is 8.77. The highest BCUT2D eigenvalue weighted by Gasteiger charge is 2.26. The summed E-state index contributed by atoms with van der Waals surface area (Å²) in [6.07, 6.45) is -2.83. The van der Waals surface area contributed by atoms with Crippen LogP contribution in [-0.2, 0) is 3.78 Å². The third-order valence-corrected chi connectivity index (χ3v) is 2.37. The molecule has 78 valence electrons. The van der Waals surface area contributed by atoms with E-state index in [0.29, 0.717) is 0 Å². The summed E-state index contributed by atoms with van der Waals surface area (Å²) in [5.41, 5.74) is -0.620. The molecule has 0 amide bonds. The van der Waals surface area contributed by atoms with Gasteiger partial charge in [0.1, 0.15) is 9.60 Å². The average molecular weight is 288 g/mol. The largest absolute Gasteiger partial charge is 0.266 e. The van der Waals surface area contributed by atoms with Crippen LogP contribution in [0.4, 0.5) is 13.2 Å². The number of alkyl halides is 4. The molecule has 0 saturated carbocycles. The molecule has 0 heterocycles. The Bertz CT molecular complexity index is 333. The smallest absolute Gasteiger partial charge is 0.206 e. The normalized spacial score (nSPS) is 15.6. The summed E-state index contributed by atoms with van der Waals surface area (Å²) in [4.78, 5) is 0. The van der Waals surface area contributed by atoms with Gasteiger partial charge in [0.05, 0.1) is 5.56 Å². The molecule has 0 radical (unpaired) electrons. The standard InChI is InChI=1S/C9H7BrClF3/c1-9(10,11)6-4-2-3-5(7(6)12)8(13)14/h2-4,8H,1H3. The minimum absolute atomic E-state index is 0.0111. The van der Waals surface area contributed by atoms with Crippen molar-refractivity contribution in [2.75, 3.05) is 0 Å². The van der Waals surface area contributed by atoms with Crippen molar-refractivity contribution >= 4 is 27.5 Å². The SMILES string of the molecule is CC(Cl)(Br)c1cccc(C(F)F)c1F. The molecule has 1 aromatic rings. The number of benzene rings is 1. The molecule has 1 atom stereocenters. The van der Waals surface area contributed by atoms with Crippen LogP contribution in [0.3, 0.4) is 0 Å². The predicted octanol–water partition coefficient (Wildman–Crippen LogP) is 4.57. The quantitative estimate of drug-likeness (QED) is 0.699. The van der Waals surface area contributed by atoms with Gasteiger partial charge in [-0.05, 0) is 6.92 Å². The lowest BCUT2D eigenvalue weighted by atomic mass is 10.1. The molecule has 0 N–H and O–H groups in total. The van der Waals surface area contributed by atoms with Gasteiger partial charge in [0, 0.05) is 5.56 Å². The Morgan fingerprint density at radius 3 is 2.43 bits per heavy atom. The fourth-order valence-corrected chi connectivity index (χ4v) is 1.51. The molecule has 5 heteroatoms. The van der Waals surface area contributed by atoms with Crippen molar-refractivity contribution in [3.8, 4) is 0 Å². The highest BCUT2D eigenvalue weighted by Crippen LogP contribution is 2.38. The number of hydrogen-bond acceptors (Lipinski definition) is 0. The van der Waals surface area contributed by atoms with Crippen molar-refractivity contribution in [3.63, 3.8) is 0 Å². The van der Waals surface area contributed by atoms with Crippen LogP contribution in [0.25, 0.3) is 0 Å². The molecule has 14 heavy (non-hydrogen) atoms. The second-order valence-corrected chi connectivity index (χ2v) is 5.70. The fourth-order valence-electron chi connectivity index (χ4n) is 1.06. The third-order valence-electron chi connectivity index (χ3n) is 1.74. The highest BCUT2D eigenvalue weighted by molar-refractivity contribution is 9.10. The first-order valence-corrected chi connectivity index (χ1v) is 4.96. The highest BCUT2D eigenvalue weighted by atomic mass is 79.9. The first-order chi connectivity index (χ1) is 6.34. The van der Waals surface area contributed by atoms with E-state index in [1.807, 2.05) is 0 Å². The maximum absolute atomic E-state index is 13.4. The summed E-state index contributed by atoms with van der Waals surface area (Å²) in [6.45, 7) is 1.47. The van der Waals surface area contributed by atoms with Gasteiger partial charge >= 0.3 is 0 Å². The molecule has 0 saturated heterocycles. The number of hydrogen-bond donors (Lipinski definition) is 0. The summed E-state index contributed by atoms with van der Waals surface area (Å²) in [7, 11) is 0. The lowest BCUT2D eigenvalue weighted by Crippen LogP contribution is -2.08. The Hall–Kier alpha value is -0.220. The van der Waals surface area contributed by atoms with E-state index >= 15 is 0 Å². The first-order valence-electron chi connectivity index (χ1n) is 3.79. The van der Waals surface area contributed by atoms with Crippen molar-refractivity contribution in [1.82, 2.24) is 0 Å². The van der Waals surface area contributed by atoms with Crippen molar-refractivity contribution < 1.29 is 13.2 Å². The second kappa shape index (κ2) is 4.11. The molecular weight excluding hydrogens is 280 g/mol. The van der Waals surface area contributed by atoms with E-state index in [0.717, 1.165) is 6.07 Å². The van der Waals surface area contributed by atoms with Crippen LogP contribution >= 0.6 is 27.5 Å². The van der Waals surface area contributed by atoms with Crippen LogP contribution in [0, 0.1) is 5.82 Å². The van der Waals surface area contributed by atoms with Gasteiger partial charge in [-0.2, -0.15) is 0 Å². The van der Waals surface area contributed by atoms with Crippen LogP contribution in [0.15, 0.2) is 18.2 Å². The zero-order valence-electron chi connectivity index (χ0n) is 7.20. The Morgan fingerprint density at radius 2 is 2.00 bits per heavy atom. The molecule has 0 aliphatic rings. The van der Waals surface area contributed by atoms with E-state index in [1.54, 1.807) is 0 Å². The second-order valence-electron chi connectivity index (χ2n) is 2.90. The fraction of sp³-hybridized carbons (Fsp3) is 0.333. The molecule has 1 unspecified atom stereocenters. The van der Waals surface area contributed by atoms with Gasteiger partial charge in [0.15, 0.2) is 0 Å². The lowest BCUT2D eigenvalue weighted by molar-refractivity contribution is 0.146. The minimum atomic E-state index is -2.83. The van der Waals surface area contributed by atoms with Crippen molar-refractivity contribution in [2.24, 2.45) is 0 Å². The van der Waals surface area contributed by atoms with E-state index in [9.17, 15) is 13.2 Å². The van der Waals surface area contributed by atoms with Gasteiger partial charge in [-0.15, -0.1) is 11.6 Å². The Kier molecular flexibility index (Phi) is 3.48. The molecule has 0 bridgehead atoms. The van der Waals surface area contributed by atoms with E-state index < -0.39 is 21.6 Å². The summed E-state index contributed by atoms with van der Waals surface area (Å²) in [5.74, 6) is -0.961. The monoisotopic (exact) mass is 286 g/mol. The molecule has 0 aliphatic heterocycles. The van der Waals surface area contributed by atoms with Gasteiger partial charge < -0.3 is 0 Å². The molecule has 1 aromatic carbocycles. The zero-order valence-corrected chi connectivity index (χ0v) is 9.54. The van der Waals surface area contributed by atoms with Gasteiger partial charge in [-0.25, -0.2) is 13.2 Å². The van der Waals surface area contributed by atoms with Crippen LogP contribution in [-0.4, -0.2) is 0 Å². The van der Waals surface area contributed by atoms with Gasteiger partial charge in [-0.1, -0.05) is 34.1 Å². The number of halogens is 5. The van der Waals surface area contributed by atoms with E-state index in [-0.39, 0.29) is 5.56 Å². The molecule has 0 spiro atoms. The molecular formula is C9H7BrClF3. The maximum Gasteiger partial charge on any atom is 0.266 e.